The van der Waals surface area contributed by atoms with Crippen LogP contribution in [0.15, 0.2) is 53.5 Å². The van der Waals surface area contributed by atoms with Gasteiger partial charge in [0, 0.05) is 23.7 Å². The molecule has 1 amide bonds. The van der Waals surface area contributed by atoms with E-state index in [0.717, 1.165) is 11.3 Å². The average Bonchev–Trinajstić information content (AvgIpc) is 2.80. The molecule has 0 radical (unpaired) electrons. The Morgan fingerprint density at radius 2 is 1.87 bits per heavy atom. The molecular weight excluding hydrogens is 294 g/mol. The number of aliphatic imine (C=N–C) groups is 1. The molecule has 1 heterocycles. The second kappa shape index (κ2) is 5.64. The fraction of sp³-hybridized carbons (Fsp3) is 0.176. The zero-order valence-corrected chi connectivity index (χ0v) is 12.8. The Hall–Kier alpha value is -3.02. The van der Waals surface area contributed by atoms with E-state index >= 15 is 0 Å². The van der Waals surface area contributed by atoms with Crippen molar-refractivity contribution in [3.63, 3.8) is 0 Å². The molecule has 0 aliphatic carbocycles. The number of nitrogens with zero attached hydrogens (tertiary/aromatic N) is 3. The highest BCUT2D eigenvalue weighted by Crippen LogP contribution is 2.32. The van der Waals surface area contributed by atoms with Gasteiger partial charge in [-0.2, -0.15) is 0 Å². The van der Waals surface area contributed by atoms with Crippen molar-refractivity contribution >= 4 is 28.7 Å². The molecule has 6 heteroatoms. The predicted octanol–water partition coefficient (Wildman–Crippen LogP) is 3.47. The zero-order chi connectivity index (χ0) is 16.6. The number of nitro groups is 1. The van der Waals surface area contributed by atoms with Crippen LogP contribution in [0.25, 0.3) is 0 Å². The fourth-order valence-electron chi connectivity index (χ4n) is 2.65. The minimum Gasteiger partial charge on any atom is -0.304 e. The maximum absolute atomic E-state index is 12.7. The van der Waals surface area contributed by atoms with E-state index in [1.165, 1.54) is 12.1 Å². The van der Waals surface area contributed by atoms with Gasteiger partial charge in [0.05, 0.1) is 16.3 Å². The van der Waals surface area contributed by atoms with E-state index in [4.69, 9.17) is 0 Å². The number of rotatable bonds is 3. The number of amides is 1. The third-order valence-corrected chi connectivity index (χ3v) is 3.64. The second-order valence-corrected chi connectivity index (χ2v) is 5.52. The molecule has 1 aliphatic heterocycles. The van der Waals surface area contributed by atoms with Gasteiger partial charge < -0.3 is 4.90 Å². The third-order valence-electron chi connectivity index (χ3n) is 3.64. The molecule has 0 atom stereocenters. The summed E-state index contributed by atoms with van der Waals surface area (Å²) in [7, 11) is 0. The van der Waals surface area contributed by atoms with Crippen LogP contribution in [0.3, 0.4) is 0 Å². The van der Waals surface area contributed by atoms with E-state index in [1.54, 1.807) is 17.0 Å². The summed E-state index contributed by atoms with van der Waals surface area (Å²) in [5.41, 5.74) is 2.22. The van der Waals surface area contributed by atoms with Crippen LogP contribution in [0, 0.1) is 10.1 Å². The van der Waals surface area contributed by atoms with E-state index in [1.807, 2.05) is 38.1 Å². The monoisotopic (exact) mass is 309 g/mol. The number of hydrogen-bond donors (Lipinski definition) is 0. The minimum atomic E-state index is -0.478. The Morgan fingerprint density at radius 3 is 2.57 bits per heavy atom. The quantitative estimate of drug-likeness (QED) is 0.643. The van der Waals surface area contributed by atoms with E-state index in [2.05, 4.69) is 4.99 Å². The zero-order valence-electron chi connectivity index (χ0n) is 12.8. The number of non-ortho nitro benzene ring substituents is 1. The van der Waals surface area contributed by atoms with Crippen LogP contribution in [-0.4, -0.2) is 22.6 Å². The maximum Gasteiger partial charge on any atom is 0.277 e. The summed E-state index contributed by atoms with van der Waals surface area (Å²) < 4.78 is 0. The number of carbonyl (C=O) groups is 1. The summed E-state index contributed by atoms with van der Waals surface area (Å²) in [5.74, 6) is -0.187. The van der Waals surface area contributed by atoms with Crippen LogP contribution in [-0.2, 0) is 4.79 Å². The largest absolute Gasteiger partial charge is 0.304 e. The topological polar surface area (TPSA) is 75.8 Å². The first-order valence-corrected chi connectivity index (χ1v) is 7.25. The molecule has 0 saturated carbocycles. The Labute approximate surface area is 133 Å². The molecule has 0 bridgehead atoms. The molecule has 2 aromatic carbocycles. The van der Waals surface area contributed by atoms with E-state index in [0.29, 0.717) is 11.4 Å². The molecule has 0 unspecified atom stereocenters. The van der Waals surface area contributed by atoms with Gasteiger partial charge in [-0.05, 0) is 26.0 Å². The molecular formula is C17H15N3O3. The van der Waals surface area contributed by atoms with Gasteiger partial charge in [0.2, 0.25) is 0 Å². The van der Waals surface area contributed by atoms with Crippen molar-refractivity contribution in [2.24, 2.45) is 4.99 Å². The van der Waals surface area contributed by atoms with E-state index < -0.39 is 4.92 Å². The molecule has 116 valence electrons. The van der Waals surface area contributed by atoms with Gasteiger partial charge in [0.1, 0.15) is 5.71 Å². The lowest BCUT2D eigenvalue weighted by molar-refractivity contribution is -0.384. The first kappa shape index (κ1) is 14.9. The lowest BCUT2D eigenvalue weighted by Gasteiger charge is -2.20. The molecule has 0 spiro atoms. The minimum absolute atomic E-state index is 0.00135. The molecule has 0 saturated heterocycles. The highest BCUT2D eigenvalue weighted by atomic mass is 16.6. The van der Waals surface area contributed by atoms with Crippen LogP contribution >= 0.6 is 0 Å². The predicted molar refractivity (Wildman–Crippen MR) is 88.4 cm³/mol. The van der Waals surface area contributed by atoms with Gasteiger partial charge in [0.15, 0.2) is 0 Å². The Bertz CT molecular complexity index is 827. The molecule has 1 aliphatic rings. The summed E-state index contributed by atoms with van der Waals surface area (Å²) in [6.45, 7) is 3.87. The summed E-state index contributed by atoms with van der Waals surface area (Å²) in [5, 5.41) is 10.9. The molecule has 0 N–H and O–H groups in total. The van der Waals surface area contributed by atoms with Crippen LogP contribution in [0.4, 0.5) is 17.1 Å². The van der Waals surface area contributed by atoms with Crippen LogP contribution < -0.4 is 4.90 Å². The van der Waals surface area contributed by atoms with E-state index in [-0.39, 0.29) is 17.6 Å². The number of nitro benzene ring substituents is 1. The Kier molecular flexibility index (Phi) is 3.65. The maximum atomic E-state index is 12.7. The van der Waals surface area contributed by atoms with Crippen LogP contribution in [0.2, 0.25) is 0 Å². The van der Waals surface area contributed by atoms with Crippen LogP contribution in [0.1, 0.15) is 19.4 Å². The first-order valence-electron chi connectivity index (χ1n) is 7.25. The number of fused-ring (bicyclic) bond motifs is 1. The number of carbonyl (C=O) groups excluding carboxylic acids is 1. The van der Waals surface area contributed by atoms with Gasteiger partial charge in [-0.1, -0.05) is 24.3 Å². The van der Waals surface area contributed by atoms with Crippen molar-refractivity contribution < 1.29 is 9.72 Å². The normalized spacial score (nSPS) is 15.3. The Morgan fingerprint density at radius 1 is 1.13 bits per heavy atom. The highest BCUT2D eigenvalue weighted by molar-refractivity contribution is 6.54. The summed E-state index contributed by atoms with van der Waals surface area (Å²) in [6.07, 6.45) is 0. The summed E-state index contributed by atoms with van der Waals surface area (Å²) >= 11 is 0. The van der Waals surface area contributed by atoms with Crippen molar-refractivity contribution in [3.8, 4) is 0 Å². The summed E-state index contributed by atoms with van der Waals surface area (Å²) in [6, 6.07) is 13.4. The van der Waals surface area contributed by atoms with Crippen LogP contribution in [0.5, 0.6) is 0 Å². The van der Waals surface area contributed by atoms with Crippen molar-refractivity contribution in [1.82, 2.24) is 0 Å². The van der Waals surface area contributed by atoms with Crippen molar-refractivity contribution in [3.05, 3.63) is 64.2 Å². The third kappa shape index (κ3) is 2.59. The first-order chi connectivity index (χ1) is 11.0. The molecule has 23 heavy (non-hydrogen) atoms. The SMILES string of the molecule is CC(C)N1C(=O)C(=Nc2cccc([N+](=O)[O-])c2)c2ccccc21. The molecule has 0 aromatic heterocycles. The lowest BCUT2D eigenvalue weighted by Crippen LogP contribution is -2.35. The molecule has 2 aromatic rings. The van der Waals surface area contributed by atoms with Gasteiger partial charge in [0.25, 0.3) is 11.6 Å². The van der Waals surface area contributed by atoms with E-state index in [9.17, 15) is 14.9 Å². The van der Waals surface area contributed by atoms with Crippen molar-refractivity contribution in [2.45, 2.75) is 19.9 Å². The van der Waals surface area contributed by atoms with Crippen molar-refractivity contribution in [2.75, 3.05) is 4.90 Å². The second-order valence-electron chi connectivity index (χ2n) is 5.52. The van der Waals surface area contributed by atoms with Gasteiger partial charge in [-0.25, -0.2) is 4.99 Å². The van der Waals surface area contributed by atoms with Gasteiger partial charge in [-0.3, -0.25) is 14.9 Å². The number of para-hydroxylation sites is 1. The standard InChI is InChI=1S/C17H15N3O3/c1-11(2)19-15-9-4-3-8-14(15)16(17(19)21)18-12-6-5-7-13(10-12)20(22)23/h3-11H,1-2H3. The lowest BCUT2D eigenvalue weighted by atomic mass is 10.1. The summed E-state index contributed by atoms with van der Waals surface area (Å²) in [4.78, 5) is 29.2. The molecule has 6 nitrogen and oxygen atoms in total. The number of anilines is 1. The molecule has 0 fully saturated rings. The Balaban J connectivity index is 2.11. The van der Waals surface area contributed by atoms with Gasteiger partial charge >= 0.3 is 0 Å². The average molecular weight is 309 g/mol. The molecule has 3 rings (SSSR count). The van der Waals surface area contributed by atoms with Crippen molar-refractivity contribution in [1.29, 1.82) is 0 Å². The number of hydrogen-bond acceptors (Lipinski definition) is 4. The van der Waals surface area contributed by atoms with Gasteiger partial charge in [-0.15, -0.1) is 0 Å². The number of benzene rings is 2. The highest BCUT2D eigenvalue weighted by Gasteiger charge is 2.35. The smallest absolute Gasteiger partial charge is 0.277 e. The fourth-order valence-corrected chi connectivity index (χ4v) is 2.65.